The average molecular weight is 94.2 g/mol. The van der Waals surface area contributed by atoms with Crippen LogP contribution in [0.3, 0.4) is 0 Å². The summed E-state index contributed by atoms with van der Waals surface area (Å²) in [5.74, 6) is 0. The Kier molecular flexibility index (Phi) is 250. The minimum atomic E-state index is 0. The van der Waals surface area contributed by atoms with Gasteiger partial charge < -0.3 is 10.6 Å². The van der Waals surface area contributed by atoms with Crippen molar-refractivity contribution in [3.05, 3.63) is 0 Å². The fourth-order valence-corrected chi connectivity index (χ4v) is 0. The van der Waals surface area contributed by atoms with Gasteiger partial charge in [-0.25, -0.2) is 0 Å². The first-order valence-electron chi connectivity index (χ1n) is 1.86. The molecule has 0 bridgehead atoms. The largest absolute Gasteiger partial charge is 0.412 e. The van der Waals surface area contributed by atoms with Crippen LogP contribution in [0.4, 0.5) is 0 Å². The number of rotatable bonds is 0. The lowest BCUT2D eigenvalue weighted by atomic mass is 10.6. The number of hydrogen-bond donors (Lipinski definition) is 1. The van der Waals surface area contributed by atoms with E-state index in [9.17, 15) is 0 Å². The van der Waals surface area contributed by atoms with Gasteiger partial charge in [-0.05, 0) is 0 Å². The standard InChI is InChI=1S/C3H8.CH4O.H2O/c1-3-2;1-2;/h3H2,1-2H3;2H,1H3;1H2. The van der Waals surface area contributed by atoms with Crippen LogP contribution in [0.15, 0.2) is 0 Å². The molecule has 0 fully saturated rings. The zero-order valence-corrected chi connectivity index (χ0v) is 4.65. The van der Waals surface area contributed by atoms with Gasteiger partial charge in [0.2, 0.25) is 0 Å². The molecule has 2 nitrogen and oxygen atoms in total. The first-order valence-corrected chi connectivity index (χ1v) is 1.86. The second-order valence-corrected chi connectivity index (χ2v) is 0.707. The van der Waals surface area contributed by atoms with Crippen molar-refractivity contribution in [2.75, 3.05) is 7.11 Å². The maximum absolute atomic E-state index is 7.00. The van der Waals surface area contributed by atoms with Crippen LogP contribution in [0.2, 0.25) is 0 Å². The van der Waals surface area contributed by atoms with Crippen LogP contribution in [-0.4, -0.2) is 17.7 Å². The van der Waals surface area contributed by atoms with E-state index in [1.165, 1.54) is 6.42 Å². The van der Waals surface area contributed by atoms with Crippen LogP contribution in [-0.2, 0) is 0 Å². The molecular formula is C4H14O2. The molecule has 0 saturated heterocycles. The van der Waals surface area contributed by atoms with E-state index in [-0.39, 0.29) is 5.48 Å². The molecule has 0 amide bonds. The Balaban J connectivity index is -0.0000000275. The summed E-state index contributed by atoms with van der Waals surface area (Å²) in [6.45, 7) is 4.25. The molecule has 0 aliphatic heterocycles. The molecular weight excluding hydrogens is 80.0 g/mol. The van der Waals surface area contributed by atoms with Crippen LogP contribution >= 0.6 is 0 Å². The van der Waals surface area contributed by atoms with Gasteiger partial charge in [0.1, 0.15) is 0 Å². The first kappa shape index (κ1) is 16.8. The van der Waals surface area contributed by atoms with Crippen molar-refractivity contribution in [1.29, 1.82) is 0 Å². The van der Waals surface area contributed by atoms with Crippen molar-refractivity contribution >= 4 is 0 Å². The third kappa shape index (κ3) is 5220. The molecule has 0 unspecified atom stereocenters. The topological polar surface area (TPSA) is 51.7 Å². The zero-order valence-electron chi connectivity index (χ0n) is 4.65. The molecule has 0 heterocycles. The van der Waals surface area contributed by atoms with Crippen LogP contribution in [0.5, 0.6) is 0 Å². The van der Waals surface area contributed by atoms with Crippen molar-refractivity contribution in [1.82, 2.24) is 0 Å². The van der Waals surface area contributed by atoms with Crippen LogP contribution in [0, 0.1) is 0 Å². The van der Waals surface area contributed by atoms with Crippen molar-refractivity contribution < 1.29 is 10.6 Å². The Labute approximate surface area is 39.1 Å². The molecule has 0 rings (SSSR count). The summed E-state index contributed by atoms with van der Waals surface area (Å²) in [5.41, 5.74) is 0. The molecule has 0 radical (unpaired) electrons. The van der Waals surface area contributed by atoms with E-state index in [4.69, 9.17) is 5.11 Å². The van der Waals surface area contributed by atoms with Crippen LogP contribution in [0.25, 0.3) is 0 Å². The highest BCUT2D eigenvalue weighted by atomic mass is 16.2. The third-order valence-electron chi connectivity index (χ3n) is 0. The molecule has 2 heteroatoms. The highest BCUT2D eigenvalue weighted by Gasteiger charge is 1.35. The number of aliphatic hydroxyl groups excluding tert-OH is 1. The maximum Gasteiger partial charge on any atom is 0.0319 e. The average Bonchev–Trinajstić information content (AvgIpc) is 1.46. The van der Waals surface area contributed by atoms with Gasteiger partial charge >= 0.3 is 0 Å². The minimum absolute atomic E-state index is 0. The number of hydrogen-bond acceptors (Lipinski definition) is 1. The lowest BCUT2D eigenvalue weighted by Crippen LogP contribution is -1.27. The Morgan fingerprint density at radius 3 is 1.17 bits per heavy atom. The quantitative estimate of drug-likeness (QED) is 0.458. The second-order valence-electron chi connectivity index (χ2n) is 0.707. The Bertz CT molecular complexity index is 5.51. The molecule has 0 aliphatic carbocycles. The van der Waals surface area contributed by atoms with Gasteiger partial charge in [0.15, 0.2) is 0 Å². The maximum atomic E-state index is 7.00. The Morgan fingerprint density at radius 1 is 1.17 bits per heavy atom. The van der Waals surface area contributed by atoms with Crippen molar-refractivity contribution in [3.63, 3.8) is 0 Å². The molecule has 3 N–H and O–H groups in total. The van der Waals surface area contributed by atoms with Gasteiger partial charge in [0.25, 0.3) is 0 Å². The predicted molar refractivity (Wildman–Crippen MR) is 27.7 cm³/mol. The fraction of sp³-hybridized carbons (Fsp3) is 1.00. The molecule has 0 saturated carbocycles. The summed E-state index contributed by atoms with van der Waals surface area (Å²) >= 11 is 0. The Morgan fingerprint density at radius 2 is 1.17 bits per heavy atom. The molecule has 0 aliphatic rings. The SMILES string of the molecule is CCC.CO.O. The van der Waals surface area contributed by atoms with Crippen molar-refractivity contribution in [2.45, 2.75) is 20.3 Å². The first-order chi connectivity index (χ1) is 2.41. The van der Waals surface area contributed by atoms with Gasteiger partial charge in [0, 0.05) is 7.11 Å². The van der Waals surface area contributed by atoms with Crippen molar-refractivity contribution in [3.8, 4) is 0 Å². The summed E-state index contributed by atoms with van der Waals surface area (Å²) in [4.78, 5) is 0. The van der Waals surface area contributed by atoms with Gasteiger partial charge in [-0.1, -0.05) is 20.3 Å². The van der Waals surface area contributed by atoms with E-state index in [0.29, 0.717) is 0 Å². The van der Waals surface area contributed by atoms with Crippen LogP contribution < -0.4 is 0 Å². The predicted octanol–water partition coefficient (Wildman–Crippen LogP) is 0.200. The highest BCUT2D eigenvalue weighted by molar-refractivity contribution is 3.92. The van der Waals surface area contributed by atoms with E-state index < -0.39 is 0 Å². The molecule has 0 aromatic heterocycles. The van der Waals surface area contributed by atoms with Crippen LogP contribution in [0.1, 0.15) is 20.3 Å². The lowest BCUT2D eigenvalue weighted by Gasteiger charge is -1.48. The van der Waals surface area contributed by atoms with E-state index in [0.717, 1.165) is 7.11 Å². The lowest BCUT2D eigenvalue weighted by molar-refractivity contribution is 0.399. The van der Waals surface area contributed by atoms with E-state index >= 15 is 0 Å². The normalized spacial score (nSPS) is 4.00. The monoisotopic (exact) mass is 94.1 g/mol. The highest BCUT2D eigenvalue weighted by Crippen LogP contribution is 1.56. The van der Waals surface area contributed by atoms with Crippen molar-refractivity contribution in [2.24, 2.45) is 0 Å². The van der Waals surface area contributed by atoms with Gasteiger partial charge in [-0.15, -0.1) is 0 Å². The van der Waals surface area contributed by atoms with E-state index in [1.54, 1.807) is 0 Å². The van der Waals surface area contributed by atoms with E-state index in [1.807, 2.05) is 0 Å². The second kappa shape index (κ2) is 89.3. The summed E-state index contributed by atoms with van der Waals surface area (Å²) in [7, 11) is 1.00. The molecule has 0 atom stereocenters. The van der Waals surface area contributed by atoms with Gasteiger partial charge in [-0.3, -0.25) is 0 Å². The van der Waals surface area contributed by atoms with Gasteiger partial charge in [0.05, 0.1) is 0 Å². The molecule has 42 valence electrons. The summed E-state index contributed by atoms with van der Waals surface area (Å²) in [6.07, 6.45) is 1.25. The fourth-order valence-electron chi connectivity index (χ4n) is 0. The third-order valence-corrected chi connectivity index (χ3v) is 0. The smallest absolute Gasteiger partial charge is 0.0319 e. The summed E-state index contributed by atoms with van der Waals surface area (Å²) in [5, 5.41) is 7.00. The summed E-state index contributed by atoms with van der Waals surface area (Å²) in [6, 6.07) is 0. The Hall–Kier alpha value is -0.0800. The number of aliphatic hydroxyl groups is 1. The molecule has 0 spiro atoms. The molecule has 0 aromatic carbocycles. The minimum Gasteiger partial charge on any atom is -0.412 e. The van der Waals surface area contributed by atoms with Gasteiger partial charge in [-0.2, -0.15) is 0 Å². The van der Waals surface area contributed by atoms with E-state index in [2.05, 4.69) is 13.8 Å². The summed E-state index contributed by atoms with van der Waals surface area (Å²) < 4.78 is 0. The zero-order chi connectivity index (χ0) is 4.71. The molecule has 0 aromatic rings. The molecule has 6 heavy (non-hydrogen) atoms.